The molecule has 0 radical (unpaired) electrons. The fourth-order valence-corrected chi connectivity index (χ4v) is 2.91. The number of hydrogen-bond acceptors (Lipinski definition) is 2. The lowest BCUT2D eigenvalue weighted by atomic mass is 10.0. The summed E-state index contributed by atoms with van der Waals surface area (Å²) in [6.45, 7) is 6.46. The standard InChI is InChI=1S/C15H19NS/c1-3-9-16-10-14-11-17-12(2)15(14)13-7-5-4-6-8-13/h4-8,11,16H,3,9-10H2,1-2H3. The van der Waals surface area contributed by atoms with Crippen LogP contribution in [0.2, 0.25) is 0 Å². The first-order valence-electron chi connectivity index (χ1n) is 6.16. The van der Waals surface area contributed by atoms with Gasteiger partial charge in [0.25, 0.3) is 0 Å². The highest BCUT2D eigenvalue weighted by atomic mass is 32.1. The molecule has 2 rings (SSSR count). The fraction of sp³-hybridized carbons (Fsp3) is 0.333. The zero-order valence-corrected chi connectivity index (χ0v) is 11.3. The first-order chi connectivity index (χ1) is 8.33. The summed E-state index contributed by atoms with van der Waals surface area (Å²) in [6, 6.07) is 10.7. The van der Waals surface area contributed by atoms with Gasteiger partial charge in [0, 0.05) is 11.4 Å². The van der Waals surface area contributed by atoms with Crippen LogP contribution in [0, 0.1) is 6.92 Å². The maximum Gasteiger partial charge on any atom is 0.0220 e. The van der Waals surface area contributed by atoms with E-state index in [1.165, 1.54) is 28.0 Å². The van der Waals surface area contributed by atoms with Crippen molar-refractivity contribution in [2.75, 3.05) is 6.54 Å². The molecule has 17 heavy (non-hydrogen) atoms. The van der Waals surface area contributed by atoms with Crippen LogP contribution in [0.3, 0.4) is 0 Å². The summed E-state index contributed by atoms with van der Waals surface area (Å²) in [6.07, 6.45) is 1.18. The molecule has 0 unspecified atom stereocenters. The number of nitrogens with one attached hydrogen (secondary N) is 1. The third-order valence-corrected chi connectivity index (χ3v) is 3.82. The smallest absolute Gasteiger partial charge is 0.0220 e. The molecule has 1 aromatic heterocycles. The van der Waals surface area contributed by atoms with Gasteiger partial charge in [-0.2, -0.15) is 0 Å². The Hall–Kier alpha value is -1.12. The molecule has 1 nitrogen and oxygen atoms in total. The first-order valence-corrected chi connectivity index (χ1v) is 7.04. The van der Waals surface area contributed by atoms with Crippen molar-refractivity contribution in [2.45, 2.75) is 26.8 Å². The molecule has 0 bridgehead atoms. The second kappa shape index (κ2) is 5.99. The SMILES string of the molecule is CCCNCc1csc(C)c1-c1ccccc1. The largest absolute Gasteiger partial charge is 0.313 e. The zero-order valence-electron chi connectivity index (χ0n) is 10.5. The van der Waals surface area contributed by atoms with Gasteiger partial charge < -0.3 is 5.32 Å². The molecule has 2 heteroatoms. The van der Waals surface area contributed by atoms with E-state index in [0.717, 1.165) is 13.1 Å². The molecule has 1 heterocycles. The minimum atomic E-state index is 0.975. The Balaban J connectivity index is 2.24. The number of rotatable bonds is 5. The molecule has 0 aliphatic carbocycles. The Morgan fingerprint density at radius 3 is 2.65 bits per heavy atom. The average molecular weight is 245 g/mol. The van der Waals surface area contributed by atoms with Crippen LogP contribution < -0.4 is 5.32 Å². The number of hydrogen-bond donors (Lipinski definition) is 1. The normalized spacial score (nSPS) is 10.7. The predicted molar refractivity (Wildman–Crippen MR) is 76.5 cm³/mol. The Morgan fingerprint density at radius 1 is 1.18 bits per heavy atom. The van der Waals surface area contributed by atoms with Gasteiger partial charge in [0.2, 0.25) is 0 Å². The molecule has 90 valence electrons. The number of aryl methyl sites for hydroxylation is 1. The van der Waals surface area contributed by atoms with Crippen molar-refractivity contribution in [3.8, 4) is 11.1 Å². The van der Waals surface area contributed by atoms with E-state index in [0.29, 0.717) is 0 Å². The Labute approximate surface area is 108 Å². The molecule has 1 N–H and O–H groups in total. The zero-order chi connectivity index (χ0) is 12.1. The topological polar surface area (TPSA) is 12.0 Å². The van der Waals surface area contributed by atoms with Crippen molar-refractivity contribution in [1.82, 2.24) is 5.32 Å². The van der Waals surface area contributed by atoms with E-state index in [2.05, 4.69) is 54.9 Å². The van der Waals surface area contributed by atoms with E-state index in [9.17, 15) is 0 Å². The van der Waals surface area contributed by atoms with E-state index < -0.39 is 0 Å². The van der Waals surface area contributed by atoms with Gasteiger partial charge in [-0.15, -0.1) is 11.3 Å². The van der Waals surface area contributed by atoms with E-state index in [-0.39, 0.29) is 0 Å². The molecule has 1 aromatic carbocycles. The third kappa shape index (κ3) is 2.96. The maximum absolute atomic E-state index is 3.48. The quantitative estimate of drug-likeness (QED) is 0.778. The highest BCUT2D eigenvalue weighted by molar-refractivity contribution is 7.10. The Bertz CT molecular complexity index is 459. The van der Waals surface area contributed by atoms with Gasteiger partial charge in [-0.25, -0.2) is 0 Å². The van der Waals surface area contributed by atoms with Crippen LogP contribution in [0.4, 0.5) is 0 Å². The Kier molecular flexibility index (Phi) is 4.35. The predicted octanol–water partition coefficient (Wildman–Crippen LogP) is 4.22. The number of thiophene rings is 1. The lowest BCUT2D eigenvalue weighted by molar-refractivity contribution is 0.677. The van der Waals surface area contributed by atoms with Crippen LogP contribution in [-0.4, -0.2) is 6.54 Å². The van der Waals surface area contributed by atoms with Crippen LogP contribution in [0.15, 0.2) is 35.7 Å². The van der Waals surface area contributed by atoms with Crippen LogP contribution in [0.25, 0.3) is 11.1 Å². The minimum Gasteiger partial charge on any atom is -0.313 e. The van der Waals surface area contributed by atoms with Crippen molar-refractivity contribution in [3.05, 3.63) is 46.2 Å². The van der Waals surface area contributed by atoms with Crippen molar-refractivity contribution in [2.24, 2.45) is 0 Å². The van der Waals surface area contributed by atoms with E-state index >= 15 is 0 Å². The summed E-state index contributed by atoms with van der Waals surface area (Å²) in [7, 11) is 0. The van der Waals surface area contributed by atoms with Crippen LogP contribution >= 0.6 is 11.3 Å². The van der Waals surface area contributed by atoms with Crippen LogP contribution in [0.1, 0.15) is 23.8 Å². The van der Waals surface area contributed by atoms with Crippen molar-refractivity contribution < 1.29 is 0 Å². The van der Waals surface area contributed by atoms with Gasteiger partial charge in [0.05, 0.1) is 0 Å². The van der Waals surface area contributed by atoms with Crippen LogP contribution in [-0.2, 0) is 6.54 Å². The van der Waals surface area contributed by atoms with Crippen molar-refractivity contribution >= 4 is 11.3 Å². The van der Waals surface area contributed by atoms with Crippen molar-refractivity contribution in [3.63, 3.8) is 0 Å². The fourth-order valence-electron chi connectivity index (χ4n) is 2.03. The molecule has 0 saturated heterocycles. The molecule has 0 fully saturated rings. The van der Waals surface area contributed by atoms with Gasteiger partial charge in [0.1, 0.15) is 0 Å². The first kappa shape index (κ1) is 12.3. The molecule has 0 aliphatic heterocycles. The Morgan fingerprint density at radius 2 is 1.94 bits per heavy atom. The van der Waals surface area contributed by atoms with Gasteiger partial charge >= 0.3 is 0 Å². The molecule has 0 aliphatic rings. The lowest BCUT2D eigenvalue weighted by Crippen LogP contribution is -2.13. The highest BCUT2D eigenvalue weighted by Gasteiger charge is 2.09. The van der Waals surface area contributed by atoms with Gasteiger partial charge in [0.15, 0.2) is 0 Å². The van der Waals surface area contributed by atoms with Gasteiger partial charge in [-0.05, 0) is 42.0 Å². The third-order valence-electron chi connectivity index (χ3n) is 2.86. The van der Waals surface area contributed by atoms with E-state index in [4.69, 9.17) is 0 Å². The second-order valence-corrected chi connectivity index (χ2v) is 5.32. The van der Waals surface area contributed by atoms with E-state index in [1.807, 2.05) is 11.3 Å². The lowest BCUT2D eigenvalue weighted by Gasteiger charge is -2.07. The summed E-state index contributed by atoms with van der Waals surface area (Å²) >= 11 is 1.84. The summed E-state index contributed by atoms with van der Waals surface area (Å²) in [5, 5.41) is 5.76. The number of benzene rings is 1. The summed E-state index contributed by atoms with van der Waals surface area (Å²) in [5.74, 6) is 0. The molecule has 0 amide bonds. The van der Waals surface area contributed by atoms with Gasteiger partial charge in [-0.1, -0.05) is 37.3 Å². The van der Waals surface area contributed by atoms with Crippen molar-refractivity contribution in [1.29, 1.82) is 0 Å². The summed E-state index contributed by atoms with van der Waals surface area (Å²) < 4.78 is 0. The molecule has 0 spiro atoms. The second-order valence-electron chi connectivity index (χ2n) is 4.23. The molecular weight excluding hydrogens is 226 g/mol. The monoisotopic (exact) mass is 245 g/mol. The maximum atomic E-state index is 3.48. The molecule has 0 saturated carbocycles. The molecule has 2 aromatic rings. The summed E-state index contributed by atoms with van der Waals surface area (Å²) in [4.78, 5) is 1.41. The minimum absolute atomic E-state index is 0.975. The summed E-state index contributed by atoms with van der Waals surface area (Å²) in [5.41, 5.74) is 4.17. The van der Waals surface area contributed by atoms with Gasteiger partial charge in [-0.3, -0.25) is 0 Å². The van der Waals surface area contributed by atoms with Crippen LogP contribution in [0.5, 0.6) is 0 Å². The average Bonchev–Trinajstić information content (AvgIpc) is 2.72. The molecule has 0 atom stereocenters. The molecular formula is C15H19NS. The van der Waals surface area contributed by atoms with E-state index in [1.54, 1.807) is 0 Å². The highest BCUT2D eigenvalue weighted by Crippen LogP contribution is 2.32.